The summed E-state index contributed by atoms with van der Waals surface area (Å²) in [5.41, 5.74) is 1.37. The molecule has 36 heavy (non-hydrogen) atoms. The van der Waals surface area contributed by atoms with E-state index in [-0.39, 0.29) is 29.3 Å². The van der Waals surface area contributed by atoms with Crippen LogP contribution in [0.5, 0.6) is 5.75 Å². The van der Waals surface area contributed by atoms with Crippen LogP contribution in [0.1, 0.15) is 45.4 Å². The highest BCUT2D eigenvalue weighted by molar-refractivity contribution is 7.89. The molecule has 1 fully saturated rings. The summed E-state index contributed by atoms with van der Waals surface area (Å²) in [5.74, 6) is -2.04. The second-order valence-corrected chi connectivity index (χ2v) is 10.7. The number of hydrogen-bond acceptors (Lipinski definition) is 6. The van der Waals surface area contributed by atoms with Gasteiger partial charge in [-0.25, -0.2) is 17.7 Å². The Labute approximate surface area is 209 Å². The van der Waals surface area contributed by atoms with Gasteiger partial charge >= 0.3 is 5.97 Å². The Bertz CT molecular complexity index is 1290. The number of ether oxygens (including phenoxy) is 1. The van der Waals surface area contributed by atoms with Crippen molar-refractivity contribution in [3.05, 3.63) is 66.0 Å². The fourth-order valence-electron chi connectivity index (χ4n) is 4.51. The van der Waals surface area contributed by atoms with Gasteiger partial charge in [-0.15, -0.1) is 0 Å². The molecule has 1 aliphatic heterocycles. The van der Waals surface area contributed by atoms with E-state index in [1.165, 1.54) is 31.2 Å². The number of esters is 1. The predicted molar refractivity (Wildman–Crippen MR) is 130 cm³/mol. The lowest BCUT2D eigenvalue weighted by Gasteiger charge is -2.27. The number of rotatable bonds is 8. The molecule has 8 nitrogen and oxygen atoms in total. The van der Waals surface area contributed by atoms with Crippen molar-refractivity contribution in [2.75, 3.05) is 11.4 Å². The first-order chi connectivity index (χ1) is 17.2. The van der Waals surface area contributed by atoms with Gasteiger partial charge in [0.2, 0.25) is 15.9 Å². The smallest absolute Gasteiger partial charge is 0.308 e. The van der Waals surface area contributed by atoms with Gasteiger partial charge in [-0.05, 0) is 80.6 Å². The molecule has 0 bridgehead atoms. The van der Waals surface area contributed by atoms with Gasteiger partial charge in [0.05, 0.1) is 17.0 Å². The number of allylic oxidation sites excluding steroid dienone is 1. The van der Waals surface area contributed by atoms with Gasteiger partial charge in [-0.1, -0.05) is 11.6 Å². The van der Waals surface area contributed by atoms with Crippen LogP contribution < -0.4 is 9.64 Å². The van der Waals surface area contributed by atoms with E-state index in [0.717, 1.165) is 64.7 Å². The molecule has 0 aromatic heterocycles. The van der Waals surface area contributed by atoms with Crippen molar-refractivity contribution in [1.82, 2.24) is 4.31 Å². The number of carbonyl (C=O) groups is 3. The summed E-state index contributed by atoms with van der Waals surface area (Å²) in [7, 11) is -4.20. The number of sulfonamides is 1. The van der Waals surface area contributed by atoms with Crippen LogP contribution in [0.25, 0.3) is 0 Å². The predicted octanol–water partition coefficient (Wildman–Crippen LogP) is 3.96. The third kappa shape index (κ3) is 5.55. The molecule has 0 saturated carbocycles. The van der Waals surface area contributed by atoms with Crippen LogP contribution in [0.4, 0.5) is 10.1 Å². The third-order valence-corrected chi connectivity index (χ3v) is 8.21. The van der Waals surface area contributed by atoms with Crippen molar-refractivity contribution < 1.29 is 31.9 Å². The van der Waals surface area contributed by atoms with Crippen molar-refractivity contribution >= 4 is 33.5 Å². The maximum Gasteiger partial charge on any atom is 0.308 e. The normalized spacial score (nSPS) is 18.5. The van der Waals surface area contributed by atoms with E-state index in [4.69, 9.17) is 4.74 Å². The fourth-order valence-corrected chi connectivity index (χ4v) is 6.09. The summed E-state index contributed by atoms with van der Waals surface area (Å²) in [5, 5.41) is 0. The van der Waals surface area contributed by atoms with Crippen molar-refractivity contribution in [3.63, 3.8) is 0 Å². The van der Waals surface area contributed by atoms with Crippen LogP contribution in [-0.4, -0.2) is 43.1 Å². The minimum absolute atomic E-state index is 0.0223. The molecule has 2 aliphatic rings. The Morgan fingerprint density at radius 1 is 1.08 bits per heavy atom. The van der Waals surface area contributed by atoms with Gasteiger partial charge < -0.3 is 4.74 Å². The highest BCUT2D eigenvalue weighted by Gasteiger charge is 2.46. The molecule has 1 aliphatic carbocycles. The lowest BCUT2D eigenvalue weighted by Crippen LogP contribution is -2.46. The van der Waals surface area contributed by atoms with Crippen LogP contribution in [0.3, 0.4) is 0 Å². The second-order valence-electron chi connectivity index (χ2n) is 8.80. The zero-order chi connectivity index (χ0) is 25.9. The van der Waals surface area contributed by atoms with E-state index >= 15 is 0 Å². The summed E-state index contributed by atoms with van der Waals surface area (Å²) >= 11 is 0. The summed E-state index contributed by atoms with van der Waals surface area (Å²) in [4.78, 5) is 38.3. The Morgan fingerprint density at radius 3 is 2.39 bits per heavy atom. The van der Waals surface area contributed by atoms with Gasteiger partial charge in [0, 0.05) is 13.5 Å². The summed E-state index contributed by atoms with van der Waals surface area (Å²) in [6, 6.07) is 9.00. The summed E-state index contributed by atoms with van der Waals surface area (Å²) < 4.78 is 46.7. The number of benzene rings is 2. The number of amides is 2. The fraction of sp³-hybridized carbons (Fsp3) is 0.346. The van der Waals surface area contributed by atoms with Crippen molar-refractivity contribution in [2.24, 2.45) is 0 Å². The standard InChI is InChI=1S/C26H27FN2O6S/c1-18(30)35-22-11-9-21(10-12-22)29-25(31)17-24(26(29)32)28(16-15-19-5-3-2-4-6-19)36(33,34)23-13-7-20(27)8-14-23/h5,7-14,24H,2-4,6,15-17H2,1H3. The lowest BCUT2D eigenvalue weighted by atomic mass is 9.97. The van der Waals surface area contributed by atoms with E-state index in [2.05, 4.69) is 6.08 Å². The molecule has 1 atom stereocenters. The molecule has 2 amide bonds. The first-order valence-corrected chi connectivity index (χ1v) is 13.2. The molecule has 190 valence electrons. The number of halogens is 1. The number of imide groups is 1. The van der Waals surface area contributed by atoms with Crippen LogP contribution in [0.2, 0.25) is 0 Å². The van der Waals surface area contributed by atoms with Gasteiger partial charge in [0.25, 0.3) is 5.91 Å². The number of hydrogen-bond donors (Lipinski definition) is 0. The van der Waals surface area contributed by atoms with Crippen LogP contribution in [-0.2, 0) is 24.4 Å². The van der Waals surface area contributed by atoms with E-state index < -0.39 is 39.7 Å². The number of carbonyl (C=O) groups excluding carboxylic acids is 3. The summed E-state index contributed by atoms with van der Waals surface area (Å²) in [6.07, 6.45) is 6.13. The molecular weight excluding hydrogens is 487 g/mol. The molecule has 1 saturated heterocycles. The average molecular weight is 515 g/mol. The topological polar surface area (TPSA) is 101 Å². The minimum atomic E-state index is -4.20. The minimum Gasteiger partial charge on any atom is -0.427 e. The molecule has 0 N–H and O–H groups in total. The van der Waals surface area contributed by atoms with Crippen LogP contribution >= 0.6 is 0 Å². The largest absolute Gasteiger partial charge is 0.427 e. The quantitative estimate of drug-likeness (QED) is 0.229. The van der Waals surface area contributed by atoms with Crippen LogP contribution in [0, 0.1) is 5.82 Å². The molecular formula is C26H27FN2O6S. The van der Waals surface area contributed by atoms with E-state index in [1.807, 2.05) is 0 Å². The van der Waals surface area contributed by atoms with Crippen molar-refractivity contribution in [1.29, 1.82) is 0 Å². The van der Waals surface area contributed by atoms with Crippen molar-refractivity contribution in [3.8, 4) is 5.75 Å². The number of nitrogens with zero attached hydrogens (tertiary/aromatic N) is 2. The monoisotopic (exact) mass is 514 g/mol. The zero-order valence-electron chi connectivity index (χ0n) is 19.9. The third-order valence-electron chi connectivity index (χ3n) is 6.29. The molecule has 4 rings (SSSR count). The van der Waals surface area contributed by atoms with Gasteiger partial charge in [-0.2, -0.15) is 4.31 Å². The molecule has 10 heteroatoms. The SMILES string of the molecule is CC(=O)Oc1ccc(N2C(=O)CC(N(CCC3=CCCCC3)S(=O)(=O)c3ccc(F)cc3)C2=O)cc1. The van der Waals surface area contributed by atoms with E-state index in [1.54, 1.807) is 0 Å². The lowest BCUT2D eigenvalue weighted by molar-refractivity contribution is -0.132. The Balaban J connectivity index is 1.63. The summed E-state index contributed by atoms with van der Waals surface area (Å²) in [6.45, 7) is 1.28. The highest BCUT2D eigenvalue weighted by atomic mass is 32.2. The second kappa shape index (κ2) is 10.7. The molecule has 0 radical (unpaired) electrons. The first-order valence-electron chi connectivity index (χ1n) is 11.8. The molecule has 1 unspecified atom stereocenters. The zero-order valence-corrected chi connectivity index (χ0v) is 20.7. The maximum atomic E-state index is 13.6. The average Bonchev–Trinajstić information content (AvgIpc) is 3.13. The van der Waals surface area contributed by atoms with Gasteiger partial charge in [0.15, 0.2) is 0 Å². The Hall–Kier alpha value is -3.37. The molecule has 2 aromatic carbocycles. The Morgan fingerprint density at radius 2 is 1.78 bits per heavy atom. The van der Waals surface area contributed by atoms with Crippen molar-refractivity contribution in [2.45, 2.75) is 56.4 Å². The van der Waals surface area contributed by atoms with Gasteiger partial charge in [0.1, 0.15) is 17.6 Å². The van der Waals surface area contributed by atoms with E-state index in [0.29, 0.717) is 6.42 Å². The Kier molecular flexibility index (Phi) is 7.65. The maximum absolute atomic E-state index is 13.6. The van der Waals surface area contributed by atoms with Gasteiger partial charge in [-0.3, -0.25) is 14.4 Å². The highest BCUT2D eigenvalue weighted by Crippen LogP contribution is 2.31. The number of anilines is 1. The van der Waals surface area contributed by atoms with Crippen LogP contribution in [0.15, 0.2) is 65.1 Å². The molecule has 1 heterocycles. The molecule has 2 aromatic rings. The van der Waals surface area contributed by atoms with E-state index in [9.17, 15) is 27.2 Å². The first kappa shape index (κ1) is 25.7. The molecule has 0 spiro atoms.